The van der Waals surface area contributed by atoms with E-state index in [0.717, 1.165) is 12.0 Å². The molecule has 0 radical (unpaired) electrons. The molecule has 0 spiro atoms. The normalized spacial score (nSPS) is 12.5. The van der Waals surface area contributed by atoms with Gasteiger partial charge in [0.25, 0.3) is 0 Å². The number of unbranched alkanes of at least 4 members (excludes halogenated alkanes) is 8. The Morgan fingerprint density at radius 2 is 1.50 bits per heavy atom. The lowest BCUT2D eigenvalue weighted by Gasteiger charge is -2.15. The van der Waals surface area contributed by atoms with Crippen molar-refractivity contribution in [2.45, 2.75) is 77.2 Å². The predicted octanol–water partition coefficient (Wildman–Crippen LogP) is 3.90. The fourth-order valence-electron chi connectivity index (χ4n) is 2.50. The molecule has 0 bridgehead atoms. The van der Waals surface area contributed by atoms with Crippen LogP contribution in [0, 0.1) is 0 Å². The van der Waals surface area contributed by atoms with Crippen molar-refractivity contribution in [3.63, 3.8) is 0 Å². The Hall–Kier alpha value is -1.00. The molecule has 114 valence electrons. The summed E-state index contributed by atoms with van der Waals surface area (Å²) in [6.45, 7) is 2.26. The Morgan fingerprint density at radius 3 is 2.05 bits per heavy atom. The van der Waals surface area contributed by atoms with Gasteiger partial charge in [0.15, 0.2) is 0 Å². The molecule has 0 saturated carbocycles. The molecule has 0 aromatic carbocycles. The van der Waals surface area contributed by atoms with E-state index in [4.69, 9.17) is 5.84 Å². The van der Waals surface area contributed by atoms with Gasteiger partial charge >= 0.3 is 0 Å². The molecule has 1 heterocycles. The average molecular weight is 278 g/mol. The molecular formula is C16H30N4. The molecule has 0 amide bonds. The van der Waals surface area contributed by atoms with Crippen LogP contribution in [0.1, 0.15) is 82.7 Å². The lowest BCUT2D eigenvalue weighted by molar-refractivity contribution is 0.472. The second-order valence-corrected chi connectivity index (χ2v) is 5.51. The number of hydrogen-bond donors (Lipinski definition) is 2. The SMILES string of the molecule is CCCCCCCCCCCC(NN)c1cncnc1. The molecule has 1 aromatic heterocycles. The first-order valence-electron chi connectivity index (χ1n) is 8.09. The van der Waals surface area contributed by atoms with Gasteiger partial charge in [0, 0.05) is 24.0 Å². The molecule has 0 saturated heterocycles. The summed E-state index contributed by atoms with van der Waals surface area (Å²) in [6.07, 6.45) is 18.4. The van der Waals surface area contributed by atoms with Crippen LogP contribution in [-0.2, 0) is 0 Å². The minimum atomic E-state index is 0.181. The van der Waals surface area contributed by atoms with Crippen LogP contribution in [0.2, 0.25) is 0 Å². The van der Waals surface area contributed by atoms with Crippen molar-refractivity contribution in [3.05, 3.63) is 24.3 Å². The lowest BCUT2D eigenvalue weighted by Crippen LogP contribution is -2.28. The van der Waals surface area contributed by atoms with E-state index in [0.29, 0.717) is 0 Å². The quantitative estimate of drug-likeness (QED) is 0.346. The highest BCUT2D eigenvalue weighted by molar-refractivity contribution is 5.08. The second kappa shape index (κ2) is 11.8. The monoisotopic (exact) mass is 278 g/mol. The zero-order valence-corrected chi connectivity index (χ0v) is 12.9. The number of nitrogens with two attached hydrogens (primary N) is 1. The Morgan fingerprint density at radius 1 is 0.950 bits per heavy atom. The van der Waals surface area contributed by atoms with Gasteiger partial charge in [-0.1, -0.05) is 64.7 Å². The molecule has 1 atom stereocenters. The van der Waals surface area contributed by atoms with E-state index in [2.05, 4.69) is 22.3 Å². The first kappa shape index (κ1) is 17.1. The van der Waals surface area contributed by atoms with Crippen molar-refractivity contribution in [3.8, 4) is 0 Å². The topological polar surface area (TPSA) is 63.8 Å². The van der Waals surface area contributed by atoms with Crippen LogP contribution >= 0.6 is 0 Å². The van der Waals surface area contributed by atoms with Gasteiger partial charge in [-0.25, -0.2) is 9.97 Å². The fourth-order valence-corrected chi connectivity index (χ4v) is 2.50. The van der Waals surface area contributed by atoms with Crippen molar-refractivity contribution in [2.75, 3.05) is 0 Å². The van der Waals surface area contributed by atoms with Crippen LogP contribution in [0.25, 0.3) is 0 Å². The molecule has 1 rings (SSSR count). The third kappa shape index (κ3) is 7.56. The summed E-state index contributed by atoms with van der Waals surface area (Å²) >= 11 is 0. The van der Waals surface area contributed by atoms with Crippen LogP contribution < -0.4 is 11.3 Å². The maximum absolute atomic E-state index is 5.61. The highest BCUT2D eigenvalue weighted by Gasteiger charge is 2.09. The maximum atomic E-state index is 5.61. The minimum absolute atomic E-state index is 0.181. The highest BCUT2D eigenvalue weighted by Crippen LogP contribution is 2.18. The first-order valence-corrected chi connectivity index (χ1v) is 8.09. The average Bonchev–Trinajstić information content (AvgIpc) is 2.50. The van der Waals surface area contributed by atoms with E-state index in [-0.39, 0.29) is 6.04 Å². The van der Waals surface area contributed by atoms with Gasteiger partial charge in [0.2, 0.25) is 0 Å². The Labute approximate surface area is 123 Å². The summed E-state index contributed by atoms with van der Waals surface area (Å²) in [5.74, 6) is 5.61. The van der Waals surface area contributed by atoms with Crippen LogP contribution in [0.4, 0.5) is 0 Å². The molecule has 4 heteroatoms. The van der Waals surface area contributed by atoms with Gasteiger partial charge in [-0.05, 0) is 6.42 Å². The van der Waals surface area contributed by atoms with E-state index in [1.165, 1.54) is 57.8 Å². The molecule has 1 aromatic rings. The Kier molecular flexibility index (Phi) is 10.1. The molecule has 0 aliphatic rings. The van der Waals surface area contributed by atoms with Crippen molar-refractivity contribution in [2.24, 2.45) is 5.84 Å². The second-order valence-electron chi connectivity index (χ2n) is 5.51. The number of hydrogen-bond acceptors (Lipinski definition) is 4. The third-order valence-corrected chi connectivity index (χ3v) is 3.78. The maximum Gasteiger partial charge on any atom is 0.115 e. The molecule has 4 nitrogen and oxygen atoms in total. The van der Waals surface area contributed by atoms with Gasteiger partial charge < -0.3 is 0 Å². The summed E-state index contributed by atoms with van der Waals surface area (Å²) in [7, 11) is 0. The summed E-state index contributed by atoms with van der Waals surface area (Å²) in [4.78, 5) is 8.08. The number of rotatable bonds is 12. The largest absolute Gasteiger partial charge is 0.271 e. The smallest absolute Gasteiger partial charge is 0.115 e. The third-order valence-electron chi connectivity index (χ3n) is 3.78. The van der Waals surface area contributed by atoms with Crippen molar-refractivity contribution >= 4 is 0 Å². The van der Waals surface area contributed by atoms with Crippen LogP contribution in [0.5, 0.6) is 0 Å². The fraction of sp³-hybridized carbons (Fsp3) is 0.750. The molecule has 1 unspecified atom stereocenters. The Balaban J connectivity index is 2.02. The van der Waals surface area contributed by atoms with Crippen LogP contribution in [-0.4, -0.2) is 9.97 Å². The molecule has 20 heavy (non-hydrogen) atoms. The zero-order chi connectivity index (χ0) is 14.5. The number of hydrazine groups is 1. The number of nitrogens with zero attached hydrogens (tertiary/aromatic N) is 2. The minimum Gasteiger partial charge on any atom is -0.271 e. The van der Waals surface area contributed by atoms with Crippen LogP contribution in [0.15, 0.2) is 18.7 Å². The molecular weight excluding hydrogens is 248 g/mol. The Bertz CT molecular complexity index is 316. The molecule has 3 N–H and O–H groups in total. The van der Waals surface area contributed by atoms with Gasteiger partial charge in [-0.3, -0.25) is 11.3 Å². The van der Waals surface area contributed by atoms with Gasteiger partial charge in [-0.2, -0.15) is 0 Å². The standard InChI is InChI=1S/C16H30N4/c1-2-3-4-5-6-7-8-9-10-11-16(20-17)15-12-18-14-19-13-15/h12-14,16,20H,2-11,17H2,1H3. The highest BCUT2D eigenvalue weighted by atomic mass is 15.2. The summed E-state index contributed by atoms with van der Waals surface area (Å²) < 4.78 is 0. The zero-order valence-electron chi connectivity index (χ0n) is 12.9. The number of nitrogens with one attached hydrogen (secondary N) is 1. The van der Waals surface area contributed by atoms with Gasteiger partial charge in [0.05, 0.1) is 0 Å². The van der Waals surface area contributed by atoms with E-state index in [1.54, 1.807) is 6.33 Å². The predicted molar refractivity (Wildman–Crippen MR) is 83.9 cm³/mol. The van der Waals surface area contributed by atoms with E-state index in [1.807, 2.05) is 12.4 Å². The summed E-state index contributed by atoms with van der Waals surface area (Å²) in [5, 5.41) is 0. The first-order chi connectivity index (χ1) is 9.88. The van der Waals surface area contributed by atoms with Crippen LogP contribution in [0.3, 0.4) is 0 Å². The van der Waals surface area contributed by atoms with Gasteiger partial charge in [-0.15, -0.1) is 0 Å². The van der Waals surface area contributed by atoms with E-state index in [9.17, 15) is 0 Å². The lowest BCUT2D eigenvalue weighted by atomic mass is 10.0. The number of aromatic nitrogens is 2. The van der Waals surface area contributed by atoms with E-state index >= 15 is 0 Å². The van der Waals surface area contributed by atoms with Crippen molar-refractivity contribution in [1.82, 2.24) is 15.4 Å². The summed E-state index contributed by atoms with van der Waals surface area (Å²) in [6, 6.07) is 0.181. The van der Waals surface area contributed by atoms with Crippen molar-refractivity contribution < 1.29 is 0 Å². The van der Waals surface area contributed by atoms with Crippen molar-refractivity contribution in [1.29, 1.82) is 0 Å². The summed E-state index contributed by atoms with van der Waals surface area (Å²) in [5.41, 5.74) is 3.94. The van der Waals surface area contributed by atoms with Gasteiger partial charge in [0.1, 0.15) is 6.33 Å². The van der Waals surface area contributed by atoms with E-state index < -0.39 is 0 Å². The molecule has 0 fully saturated rings. The molecule has 0 aliphatic carbocycles. The molecule has 0 aliphatic heterocycles.